The number of carbonyl (C=O) groups is 1. The van der Waals surface area contributed by atoms with Crippen LogP contribution in [0.15, 0.2) is 109 Å². The number of esters is 1. The number of alkyl halides is 3. The van der Waals surface area contributed by atoms with Gasteiger partial charge in [-0.15, -0.1) is 0 Å². The first-order valence-electron chi connectivity index (χ1n) is 15.4. The number of ether oxygens (including phenoxy) is 2. The minimum absolute atomic E-state index is 0.223. The number of fused-ring (bicyclic) bond motifs is 6. The molecule has 238 valence electrons. The lowest BCUT2D eigenvalue weighted by Crippen LogP contribution is -2.34. The summed E-state index contributed by atoms with van der Waals surface area (Å²) in [6.45, 7) is 5.95. The predicted molar refractivity (Wildman–Crippen MR) is 177 cm³/mol. The monoisotopic (exact) mass is 654 g/mol. The van der Waals surface area contributed by atoms with Crippen molar-refractivity contribution >= 4 is 34.6 Å². The van der Waals surface area contributed by atoms with Gasteiger partial charge in [-0.25, -0.2) is 4.79 Å². The summed E-state index contributed by atoms with van der Waals surface area (Å²) < 4.78 is 54.6. The molecule has 0 bridgehead atoms. The summed E-state index contributed by atoms with van der Waals surface area (Å²) in [5.41, 5.74) is 2.61. The van der Waals surface area contributed by atoms with Crippen molar-refractivity contribution in [3.63, 3.8) is 0 Å². The molecule has 0 aromatic heterocycles. The molecule has 5 aromatic rings. The normalized spacial score (nSPS) is 16.2. The molecule has 2 aliphatic rings. The fraction of sp³-hybridized carbons (Fsp3) is 0.184. The summed E-state index contributed by atoms with van der Waals surface area (Å²) in [6.07, 6.45) is -4.53. The summed E-state index contributed by atoms with van der Waals surface area (Å²) in [7, 11) is 0. The van der Waals surface area contributed by atoms with Gasteiger partial charge in [0.2, 0.25) is 0 Å². The molecule has 0 N–H and O–H groups in total. The van der Waals surface area contributed by atoms with E-state index in [4.69, 9.17) is 21.1 Å². The molecule has 2 heterocycles. The average molecular weight is 655 g/mol. The van der Waals surface area contributed by atoms with Gasteiger partial charge in [-0.3, -0.25) is 0 Å². The first-order chi connectivity index (χ1) is 22.6. The van der Waals surface area contributed by atoms with Crippen molar-refractivity contribution in [1.82, 2.24) is 0 Å². The Kier molecular flexibility index (Phi) is 7.63. The molecule has 9 heteroatoms. The standard InChI is InChI=1S/C38H30ClF3N2O3/c1-3-43(4-2)26-17-18-31-34(22-26)46-35-32(37(31)30-16-9-8-15-29(30)36(45)47-37)20-28(21-33(35)39)44(23-24-11-6-5-7-12-24)27-14-10-13-25(19-27)38(40,41)42/h5-22H,3-4,23H2,1-2H3. The van der Waals surface area contributed by atoms with Gasteiger partial charge in [-0.1, -0.05) is 66.2 Å². The third kappa shape index (κ3) is 5.17. The van der Waals surface area contributed by atoms with Crippen molar-refractivity contribution in [3.05, 3.63) is 148 Å². The molecule has 0 amide bonds. The van der Waals surface area contributed by atoms with Crippen molar-refractivity contribution in [3.8, 4) is 11.5 Å². The maximum atomic E-state index is 13.9. The third-order valence-corrected chi connectivity index (χ3v) is 9.13. The van der Waals surface area contributed by atoms with Gasteiger partial charge in [0, 0.05) is 53.9 Å². The number of hydrogen-bond donors (Lipinski definition) is 0. The second-order valence-corrected chi connectivity index (χ2v) is 11.9. The molecule has 5 aromatic carbocycles. The highest BCUT2D eigenvalue weighted by Crippen LogP contribution is 2.59. The van der Waals surface area contributed by atoms with E-state index >= 15 is 0 Å². The molecule has 0 fully saturated rings. The molecule has 0 aliphatic carbocycles. The Bertz CT molecular complexity index is 1990. The van der Waals surface area contributed by atoms with E-state index in [2.05, 4.69) is 18.7 Å². The van der Waals surface area contributed by atoms with Gasteiger partial charge in [-0.05, 0) is 67.9 Å². The van der Waals surface area contributed by atoms with E-state index < -0.39 is 23.3 Å². The summed E-state index contributed by atoms with van der Waals surface area (Å²) in [4.78, 5) is 17.5. The van der Waals surface area contributed by atoms with Gasteiger partial charge < -0.3 is 19.3 Å². The van der Waals surface area contributed by atoms with Crippen LogP contribution in [0.25, 0.3) is 0 Å². The molecule has 7 rings (SSSR count). The topological polar surface area (TPSA) is 42.0 Å². The van der Waals surface area contributed by atoms with E-state index in [0.717, 1.165) is 36.5 Å². The lowest BCUT2D eigenvalue weighted by atomic mass is 9.77. The van der Waals surface area contributed by atoms with Gasteiger partial charge in [0.25, 0.3) is 0 Å². The number of hydrogen-bond acceptors (Lipinski definition) is 5. The van der Waals surface area contributed by atoms with Gasteiger partial charge >= 0.3 is 12.1 Å². The van der Waals surface area contributed by atoms with Gasteiger partial charge in [0.1, 0.15) is 5.75 Å². The van der Waals surface area contributed by atoms with Crippen molar-refractivity contribution in [2.75, 3.05) is 22.9 Å². The fourth-order valence-corrected chi connectivity index (χ4v) is 6.84. The molecular formula is C38H30ClF3N2O3. The number of benzene rings is 5. The average Bonchev–Trinajstić information content (AvgIpc) is 3.37. The molecular weight excluding hydrogens is 625 g/mol. The highest BCUT2D eigenvalue weighted by atomic mass is 35.5. The van der Waals surface area contributed by atoms with Crippen LogP contribution in [0.2, 0.25) is 5.02 Å². The highest BCUT2D eigenvalue weighted by Gasteiger charge is 2.54. The quantitative estimate of drug-likeness (QED) is 0.163. The van der Waals surface area contributed by atoms with Crippen molar-refractivity contribution in [1.29, 1.82) is 0 Å². The zero-order valence-electron chi connectivity index (χ0n) is 25.6. The molecule has 1 spiro atoms. The van der Waals surface area contributed by atoms with Gasteiger partial charge in [0.05, 0.1) is 21.7 Å². The lowest BCUT2D eigenvalue weighted by Gasteiger charge is -2.38. The van der Waals surface area contributed by atoms with Crippen LogP contribution in [0.5, 0.6) is 11.5 Å². The van der Waals surface area contributed by atoms with E-state index in [1.165, 1.54) is 6.07 Å². The van der Waals surface area contributed by atoms with E-state index in [-0.39, 0.29) is 11.6 Å². The molecule has 0 radical (unpaired) electrons. The third-order valence-electron chi connectivity index (χ3n) is 8.85. The summed E-state index contributed by atoms with van der Waals surface area (Å²) in [5, 5.41) is 0.223. The zero-order chi connectivity index (χ0) is 32.9. The molecule has 0 saturated heterocycles. The fourth-order valence-electron chi connectivity index (χ4n) is 6.59. The van der Waals surface area contributed by atoms with Crippen LogP contribution < -0.4 is 14.5 Å². The first kappa shape index (κ1) is 30.7. The summed E-state index contributed by atoms with van der Waals surface area (Å²) in [6, 6.07) is 31.1. The van der Waals surface area contributed by atoms with Gasteiger partial charge in [-0.2, -0.15) is 13.2 Å². The zero-order valence-corrected chi connectivity index (χ0v) is 26.4. The minimum atomic E-state index is -4.53. The van der Waals surface area contributed by atoms with Crippen LogP contribution in [0.3, 0.4) is 0 Å². The molecule has 1 atom stereocenters. The Morgan fingerprint density at radius 3 is 2.23 bits per heavy atom. The second-order valence-electron chi connectivity index (χ2n) is 11.5. The number of carbonyl (C=O) groups excluding carboxylic acids is 1. The number of rotatable bonds is 7. The number of halogens is 4. The van der Waals surface area contributed by atoms with E-state index in [0.29, 0.717) is 45.1 Å². The Hall–Kier alpha value is -4.95. The van der Waals surface area contributed by atoms with E-state index in [9.17, 15) is 18.0 Å². The Labute approximate surface area is 275 Å². The maximum absolute atomic E-state index is 13.9. The SMILES string of the molecule is CCN(CC)c1ccc2c(c1)Oc1c(Cl)cc(N(Cc3ccccc3)c3cccc(C(F)(F)F)c3)cc1C21OC(=O)c2ccccc21. The molecule has 1 unspecified atom stereocenters. The van der Waals surface area contributed by atoms with Crippen LogP contribution in [-0.2, 0) is 23.1 Å². The largest absolute Gasteiger partial charge is 0.455 e. The van der Waals surface area contributed by atoms with Crippen LogP contribution in [0, 0.1) is 0 Å². The molecule has 5 nitrogen and oxygen atoms in total. The maximum Gasteiger partial charge on any atom is 0.416 e. The molecule has 0 saturated carbocycles. The van der Waals surface area contributed by atoms with Crippen LogP contribution in [0.1, 0.15) is 52.0 Å². The van der Waals surface area contributed by atoms with E-state index in [1.54, 1.807) is 35.2 Å². The Morgan fingerprint density at radius 2 is 1.49 bits per heavy atom. The van der Waals surface area contributed by atoms with Crippen LogP contribution in [-0.4, -0.2) is 19.1 Å². The highest BCUT2D eigenvalue weighted by molar-refractivity contribution is 6.32. The Morgan fingerprint density at radius 1 is 0.745 bits per heavy atom. The number of anilines is 3. The predicted octanol–water partition coefficient (Wildman–Crippen LogP) is 10.1. The van der Waals surface area contributed by atoms with Crippen molar-refractivity contribution in [2.45, 2.75) is 32.2 Å². The lowest BCUT2D eigenvalue weighted by molar-refractivity contribution is -0.137. The van der Waals surface area contributed by atoms with Crippen LogP contribution in [0.4, 0.5) is 30.2 Å². The Balaban J connectivity index is 1.46. The molecule has 2 aliphatic heterocycles. The summed E-state index contributed by atoms with van der Waals surface area (Å²) >= 11 is 7.05. The molecule has 47 heavy (non-hydrogen) atoms. The smallest absolute Gasteiger partial charge is 0.416 e. The van der Waals surface area contributed by atoms with Crippen molar-refractivity contribution in [2.24, 2.45) is 0 Å². The van der Waals surface area contributed by atoms with Crippen LogP contribution >= 0.6 is 11.6 Å². The minimum Gasteiger partial charge on any atom is -0.455 e. The summed E-state index contributed by atoms with van der Waals surface area (Å²) in [5.74, 6) is 0.320. The van der Waals surface area contributed by atoms with Crippen molar-refractivity contribution < 1.29 is 27.4 Å². The second kappa shape index (κ2) is 11.7. The van der Waals surface area contributed by atoms with E-state index in [1.807, 2.05) is 60.7 Å². The first-order valence-corrected chi connectivity index (χ1v) is 15.7. The number of nitrogens with zero attached hydrogens (tertiary/aromatic N) is 2. The van der Waals surface area contributed by atoms with Gasteiger partial charge in [0.15, 0.2) is 11.4 Å².